The maximum atomic E-state index is 12.0. The van der Waals surface area contributed by atoms with E-state index in [1.165, 1.54) is 0 Å². The average molecular weight is 250 g/mol. The molecule has 0 spiro atoms. The molecule has 0 aromatic carbocycles. The van der Waals surface area contributed by atoms with Gasteiger partial charge in [0, 0.05) is 26.4 Å². The SMILES string of the molecule is COCCOC(=O)c1cccnc1N1CCCC1. The lowest BCUT2D eigenvalue weighted by Crippen LogP contribution is -2.23. The molecule has 5 heteroatoms. The number of pyridine rings is 1. The van der Waals surface area contributed by atoms with E-state index in [-0.39, 0.29) is 12.6 Å². The number of carbonyl (C=O) groups excluding carboxylic acids is 1. The fourth-order valence-electron chi connectivity index (χ4n) is 2.03. The van der Waals surface area contributed by atoms with Crippen LogP contribution in [0.15, 0.2) is 18.3 Å². The Kier molecular flexibility index (Phi) is 4.52. The fourth-order valence-corrected chi connectivity index (χ4v) is 2.03. The van der Waals surface area contributed by atoms with Crippen LogP contribution in [0.1, 0.15) is 23.2 Å². The Bertz CT molecular complexity index is 403. The van der Waals surface area contributed by atoms with E-state index < -0.39 is 0 Å². The van der Waals surface area contributed by atoms with Crippen molar-refractivity contribution in [1.29, 1.82) is 0 Å². The maximum absolute atomic E-state index is 12.0. The number of nitrogens with zero attached hydrogens (tertiary/aromatic N) is 2. The van der Waals surface area contributed by atoms with Crippen molar-refractivity contribution < 1.29 is 14.3 Å². The van der Waals surface area contributed by atoms with Crippen molar-refractivity contribution in [2.24, 2.45) is 0 Å². The van der Waals surface area contributed by atoms with Crippen LogP contribution < -0.4 is 4.90 Å². The van der Waals surface area contributed by atoms with Crippen molar-refractivity contribution in [3.05, 3.63) is 23.9 Å². The number of carbonyl (C=O) groups is 1. The summed E-state index contributed by atoms with van der Waals surface area (Å²) in [6.45, 7) is 2.58. The van der Waals surface area contributed by atoms with Crippen LogP contribution in [-0.4, -0.2) is 44.4 Å². The Morgan fingerprint density at radius 3 is 2.89 bits per heavy atom. The number of hydrogen-bond acceptors (Lipinski definition) is 5. The molecule has 1 aliphatic heterocycles. The Labute approximate surface area is 107 Å². The van der Waals surface area contributed by atoms with Crippen LogP contribution in [0.2, 0.25) is 0 Å². The van der Waals surface area contributed by atoms with E-state index >= 15 is 0 Å². The lowest BCUT2D eigenvalue weighted by atomic mass is 10.2. The first kappa shape index (κ1) is 12.8. The van der Waals surface area contributed by atoms with E-state index in [9.17, 15) is 4.79 Å². The molecule has 98 valence electrons. The van der Waals surface area contributed by atoms with Crippen molar-refractivity contribution in [2.75, 3.05) is 38.3 Å². The molecule has 1 aliphatic rings. The molecule has 0 N–H and O–H groups in total. The zero-order valence-electron chi connectivity index (χ0n) is 10.6. The molecule has 2 rings (SSSR count). The highest BCUT2D eigenvalue weighted by atomic mass is 16.6. The van der Waals surface area contributed by atoms with Gasteiger partial charge in [-0.1, -0.05) is 0 Å². The molecule has 0 aliphatic carbocycles. The molecule has 2 heterocycles. The first-order chi connectivity index (χ1) is 8.83. The fraction of sp³-hybridized carbons (Fsp3) is 0.538. The van der Waals surface area contributed by atoms with Gasteiger partial charge in [0.05, 0.1) is 6.61 Å². The molecule has 0 bridgehead atoms. The van der Waals surface area contributed by atoms with Gasteiger partial charge in [0.15, 0.2) is 0 Å². The molecule has 0 radical (unpaired) electrons. The summed E-state index contributed by atoms with van der Waals surface area (Å²) < 4.78 is 9.99. The highest BCUT2D eigenvalue weighted by Gasteiger charge is 2.21. The Morgan fingerprint density at radius 1 is 1.39 bits per heavy atom. The van der Waals surface area contributed by atoms with Crippen molar-refractivity contribution in [3.63, 3.8) is 0 Å². The van der Waals surface area contributed by atoms with Crippen molar-refractivity contribution >= 4 is 11.8 Å². The third kappa shape index (κ3) is 2.98. The minimum absolute atomic E-state index is 0.268. The molecular weight excluding hydrogens is 232 g/mol. The van der Waals surface area contributed by atoms with Crippen LogP contribution in [0.3, 0.4) is 0 Å². The molecule has 18 heavy (non-hydrogen) atoms. The number of aromatic nitrogens is 1. The minimum Gasteiger partial charge on any atom is -0.460 e. The molecule has 0 saturated carbocycles. The average Bonchev–Trinajstić information content (AvgIpc) is 2.93. The number of ether oxygens (including phenoxy) is 2. The van der Waals surface area contributed by atoms with E-state index in [4.69, 9.17) is 9.47 Å². The first-order valence-electron chi connectivity index (χ1n) is 6.19. The van der Waals surface area contributed by atoms with Crippen LogP contribution in [0.5, 0.6) is 0 Å². The number of anilines is 1. The van der Waals surface area contributed by atoms with Gasteiger partial charge in [-0.15, -0.1) is 0 Å². The molecule has 0 unspecified atom stereocenters. The third-order valence-corrected chi connectivity index (χ3v) is 2.93. The zero-order valence-corrected chi connectivity index (χ0v) is 10.6. The van der Waals surface area contributed by atoms with Crippen molar-refractivity contribution in [2.45, 2.75) is 12.8 Å². The monoisotopic (exact) mass is 250 g/mol. The van der Waals surface area contributed by atoms with Gasteiger partial charge in [-0.3, -0.25) is 0 Å². The summed E-state index contributed by atoms with van der Waals surface area (Å²) >= 11 is 0. The van der Waals surface area contributed by atoms with Gasteiger partial charge in [0.25, 0.3) is 0 Å². The van der Waals surface area contributed by atoms with E-state index in [0.717, 1.165) is 31.7 Å². The van der Waals surface area contributed by atoms with Gasteiger partial charge >= 0.3 is 5.97 Å². The molecule has 0 atom stereocenters. The normalized spacial score (nSPS) is 14.8. The van der Waals surface area contributed by atoms with Gasteiger partial charge in [-0.05, 0) is 25.0 Å². The van der Waals surface area contributed by atoms with Crippen LogP contribution in [0.4, 0.5) is 5.82 Å². The molecule has 1 fully saturated rings. The topological polar surface area (TPSA) is 51.7 Å². The van der Waals surface area contributed by atoms with Crippen molar-refractivity contribution in [3.8, 4) is 0 Å². The van der Waals surface area contributed by atoms with Gasteiger partial charge in [-0.2, -0.15) is 0 Å². The summed E-state index contributed by atoms with van der Waals surface area (Å²) in [6, 6.07) is 3.52. The minimum atomic E-state index is -0.331. The van der Waals surface area contributed by atoms with Gasteiger partial charge in [0.2, 0.25) is 0 Å². The molecular formula is C13H18N2O3. The number of methoxy groups -OCH3 is 1. The summed E-state index contributed by atoms with van der Waals surface area (Å²) in [5.74, 6) is 0.402. The number of esters is 1. The molecule has 0 amide bonds. The largest absolute Gasteiger partial charge is 0.460 e. The standard InChI is InChI=1S/C13H18N2O3/c1-17-9-10-18-13(16)11-5-4-6-14-12(11)15-7-2-3-8-15/h4-6H,2-3,7-10H2,1H3. The smallest absolute Gasteiger partial charge is 0.341 e. The summed E-state index contributed by atoms with van der Waals surface area (Å²) in [5.41, 5.74) is 0.538. The highest BCUT2D eigenvalue weighted by molar-refractivity contribution is 5.94. The highest BCUT2D eigenvalue weighted by Crippen LogP contribution is 2.22. The molecule has 1 saturated heterocycles. The quantitative estimate of drug-likeness (QED) is 0.585. The lowest BCUT2D eigenvalue weighted by molar-refractivity contribution is 0.0388. The van der Waals surface area contributed by atoms with Crippen LogP contribution in [0.25, 0.3) is 0 Å². The summed E-state index contributed by atoms with van der Waals surface area (Å²) in [4.78, 5) is 18.4. The van der Waals surface area contributed by atoms with E-state index in [0.29, 0.717) is 12.2 Å². The van der Waals surface area contributed by atoms with E-state index in [2.05, 4.69) is 9.88 Å². The molecule has 1 aromatic heterocycles. The summed E-state index contributed by atoms with van der Waals surface area (Å²) in [5, 5.41) is 0. The van der Waals surface area contributed by atoms with Gasteiger partial charge < -0.3 is 14.4 Å². The van der Waals surface area contributed by atoms with E-state index in [1.54, 1.807) is 25.4 Å². The van der Waals surface area contributed by atoms with E-state index in [1.807, 2.05) is 0 Å². The number of hydrogen-bond donors (Lipinski definition) is 0. The Balaban J connectivity index is 2.08. The molecule has 5 nitrogen and oxygen atoms in total. The predicted molar refractivity (Wildman–Crippen MR) is 67.8 cm³/mol. The maximum Gasteiger partial charge on any atom is 0.341 e. The second kappa shape index (κ2) is 6.35. The van der Waals surface area contributed by atoms with Crippen LogP contribution in [-0.2, 0) is 9.47 Å². The summed E-state index contributed by atoms with van der Waals surface area (Å²) in [6.07, 6.45) is 4.00. The zero-order chi connectivity index (χ0) is 12.8. The van der Waals surface area contributed by atoms with Gasteiger partial charge in [0.1, 0.15) is 18.0 Å². The first-order valence-corrected chi connectivity index (χ1v) is 6.19. The Hall–Kier alpha value is -1.62. The van der Waals surface area contributed by atoms with Crippen LogP contribution >= 0.6 is 0 Å². The number of rotatable bonds is 5. The second-order valence-corrected chi connectivity index (χ2v) is 4.20. The third-order valence-electron chi connectivity index (χ3n) is 2.93. The second-order valence-electron chi connectivity index (χ2n) is 4.20. The van der Waals surface area contributed by atoms with Gasteiger partial charge in [-0.25, -0.2) is 9.78 Å². The predicted octanol–water partition coefficient (Wildman–Crippen LogP) is 1.49. The van der Waals surface area contributed by atoms with Crippen molar-refractivity contribution in [1.82, 2.24) is 4.98 Å². The Morgan fingerprint density at radius 2 is 2.17 bits per heavy atom. The summed E-state index contributed by atoms with van der Waals surface area (Å²) in [7, 11) is 1.58. The van der Waals surface area contributed by atoms with Crippen LogP contribution in [0, 0.1) is 0 Å². The lowest BCUT2D eigenvalue weighted by Gasteiger charge is -2.18. The molecule has 1 aromatic rings.